The van der Waals surface area contributed by atoms with Crippen LogP contribution < -0.4 is 14.8 Å². The quantitative estimate of drug-likeness (QED) is 0.822. The van der Waals surface area contributed by atoms with Crippen LogP contribution in [-0.4, -0.2) is 30.4 Å². The zero-order chi connectivity index (χ0) is 17.8. The van der Waals surface area contributed by atoms with Crippen LogP contribution in [0.15, 0.2) is 52.4 Å². The number of methoxy groups -OCH3 is 2. The number of carbonyl (C=O) groups is 1. The number of amides is 1. The summed E-state index contributed by atoms with van der Waals surface area (Å²) in [6.07, 6.45) is 1.63. The number of aromatic hydroxyl groups is 1. The molecular weight excluding hydrogens is 340 g/mol. The summed E-state index contributed by atoms with van der Waals surface area (Å²) in [5.41, 5.74) is 1.15. The summed E-state index contributed by atoms with van der Waals surface area (Å²) < 4.78 is 10.5. The Labute approximate surface area is 149 Å². The lowest BCUT2D eigenvalue weighted by Crippen LogP contribution is -2.19. The molecule has 0 aliphatic carbocycles. The van der Waals surface area contributed by atoms with Crippen LogP contribution in [0.1, 0.15) is 5.56 Å². The highest BCUT2D eigenvalue weighted by molar-refractivity contribution is 8.18. The van der Waals surface area contributed by atoms with E-state index in [2.05, 4.69) is 10.3 Å². The van der Waals surface area contributed by atoms with Gasteiger partial charge in [0.2, 0.25) is 0 Å². The number of hydrogen-bond donors (Lipinski definition) is 2. The zero-order valence-corrected chi connectivity index (χ0v) is 14.5. The zero-order valence-electron chi connectivity index (χ0n) is 13.6. The fourth-order valence-electron chi connectivity index (χ4n) is 2.22. The highest BCUT2D eigenvalue weighted by Crippen LogP contribution is 2.35. The van der Waals surface area contributed by atoms with Gasteiger partial charge in [-0.05, 0) is 36.0 Å². The van der Waals surface area contributed by atoms with Crippen molar-refractivity contribution in [1.82, 2.24) is 5.32 Å². The van der Waals surface area contributed by atoms with Crippen LogP contribution >= 0.6 is 11.8 Å². The number of aliphatic imine (C=N–C) groups is 1. The number of ether oxygens (including phenoxy) is 2. The standard InChI is InChI=1S/C18H16N2O4S/c1-23-12-7-8-13(15(10-12)24-2)19-18-20-17(22)16(25-18)9-11-5-3-4-6-14(11)21/h3-10,21H,1-2H3,(H,19,20,22)/b16-9-. The summed E-state index contributed by atoms with van der Waals surface area (Å²) >= 11 is 1.20. The van der Waals surface area contributed by atoms with E-state index in [0.717, 1.165) is 0 Å². The fraction of sp³-hybridized carbons (Fsp3) is 0.111. The maximum Gasteiger partial charge on any atom is 0.264 e. The van der Waals surface area contributed by atoms with E-state index in [0.29, 0.717) is 32.8 Å². The maximum absolute atomic E-state index is 12.1. The average molecular weight is 356 g/mol. The topological polar surface area (TPSA) is 80.2 Å². The summed E-state index contributed by atoms with van der Waals surface area (Å²) in [6.45, 7) is 0. The molecule has 7 heteroatoms. The van der Waals surface area contributed by atoms with Crippen LogP contribution in [0.5, 0.6) is 17.2 Å². The minimum Gasteiger partial charge on any atom is -0.507 e. The second-order valence-electron chi connectivity index (χ2n) is 5.08. The van der Waals surface area contributed by atoms with E-state index in [4.69, 9.17) is 9.47 Å². The van der Waals surface area contributed by atoms with Crippen molar-refractivity contribution in [2.45, 2.75) is 0 Å². The van der Waals surface area contributed by atoms with E-state index in [1.54, 1.807) is 62.8 Å². The molecule has 3 rings (SSSR count). The normalized spacial score (nSPS) is 17.0. The van der Waals surface area contributed by atoms with Crippen LogP contribution in [0.25, 0.3) is 6.08 Å². The Bertz CT molecular complexity index is 877. The SMILES string of the molecule is COc1ccc(N=C2NC(=O)/C(=C/c3ccccc3O)S2)c(OC)c1. The largest absolute Gasteiger partial charge is 0.507 e. The highest BCUT2D eigenvalue weighted by atomic mass is 32.2. The van der Waals surface area contributed by atoms with Crippen LogP contribution in [0.3, 0.4) is 0 Å². The molecule has 128 valence electrons. The second kappa shape index (κ2) is 7.31. The number of phenolic OH excluding ortho intramolecular Hbond substituents is 1. The number of carbonyl (C=O) groups excluding carboxylic acids is 1. The highest BCUT2D eigenvalue weighted by Gasteiger charge is 2.24. The second-order valence-corrected chi connectivity index (χ2v) is 6.11. The third-order valence-electron chi connectivity index (χ3n) is 3.48. The van der Waals surface area contributed by atoms with Crippen LogP contribution in [0, 0.1) is 0 Å². The average Bonchev–Trinajstić information content (AvgIpc) is 2.96. The lowest BCUT2D eigenvalue weighted by molar-refractivity contribution is -0.115. The number of hydrogen-bond acceptors (Lipinski definition) is 6. The smallest absolute Gasteiger partial charge is 0.264 e. The summed E-state index contributed by atoms with van der Waals surface area (Å²) in [5, 5.41) is 13.0. The van der Waals surface area contributed by atoms with Crippen molar-refractivity contribution in [2.75, 3.05) is 14.2 Å². The first-order valence-corrected chi connectivity index (χ1v) is 8.22. The molecule has 1 amide bonds. The molecule has 1 saturated heterocycles. The van der Waals surface area contributed by atoms with Crippen molar-refractivity contribution >= 4 is 34.6 Å². The lowest BCUT2D eigenvalue weighted by atomic mass is 10.2. The molecule has 0 unspecified atom stereocenters. The molecular formula is C18H16N2O4S. The number of nitrogens with zero attached hydrogens (tertiary/aromatic N) is 1. The number of nitrogens with one attached hydrogen (secondary N) is 1. The number of para-hydroxylation sites is 1. The summed E-state index contributed by atoms with van der Waals surface area (Å²) in [7, 11) is 3.12. The predicted octanol–water partition coefficient (Wildman–Crippen LogP) is 3.30. The third-order valence-corrected chi connectivity index (χ3v) is 4.39. The van der Waals surface area contributed by atoms with Crippen LogP contribution in [-0.2, 0) is 4.79 Å². The van der Waals surface area contributed by atoms with Crippen molar-refractivity contribution in [3.63, 3.8) is 0 Å². The Morgan fingerprint density at radius 2 is 1.96 bits per heavy atom. The first-order chi connectivity index (χ1) is 12.1. The molecule has 0 radical (unpaired) electrons. The Morgan fingerprint density at radius 1 is 1.16 bits per heavy atom. The number of phenols is 1. The first-order valence-electron chi connectivity index (χ1n) is 7.40. The maximum atomic E-state index is 12.1. The van der Waals surface area contributed by atoms with Gasteiger partial charge in [0.05, 0.1) is 19.1 Å². The van der Waals surface area contributed by atoms with Gasteiger partial charge in [-0.15, -0.1) is 0 Å². The molecule has 25 heavy (non-hydrogen) atoms. The van der Waals surface area contributed by atoms with E-state index >= 15 is 0 Å². The monoisotopic (exact) mass is 356 g/mol. The summed E-state index contributed by atoms with van der Waals surface area (Å²) in [6, 6.07) is 12.1. The molecule has 0 spiro atoms. The molecule has 2 aromatic rings. The molecule has 2 N–H and O–H groups in total. The molecule has 2 aromatic carbocycles. The number of rotatable bonds is 4. The Hall–Kier alpha value is -2.93. The van der Waals surface area contributed by atoms with Crippen molar-refractivity contribution in [2.24, 2.45) is 4.99 Å². The molecule has 1 heterocycles. The van der Waals surface area contributed by atoms with Gasteiger partial charge < -0.3 is 19.9 Å². The van der Waals surface area contributed by atoms with Crippen LogP contribution in [0.2, 0.25) is 0 Å². The van der Waals surface area contributed by atoms with Gasteiger partial charge in [-0.1, -0.05) is 18.2 Å². The summed E-state index contributed by atoms with van der Waals surface area (Å²) in [5.74, 6) is 1.05. The third kappa shape index (κ3) is 3.77. The van der Waals surface area contributed by atoms with Crippen LogP contribution in [0.4, 0.5) is 5.69 Å². The van der Waals surface area contributed by atoms with E-state index in [1.165, 1.54) is 11.8 Å². The van der Waals surface area contributed by atoms with Gasteiger partial charge in [0.25, 0.3) is 5.91 Å². The lowest BCUT2D eigenvalue weighted by Gasteiger charge is -2.07. The van der Waals surface area contributed by atoms with Crippen molar-refractivity contribution in [3.05, 3.63) is 52.9 Å². The van der Waals surface area contributed by atoms with Gasteiger partial charge in [-0.25, -0.2) is 4.99 Å². The van der Waals surface area contributed by atoms with Gasteiger partial charge in [0.15, 0.2) is 5.17 Å². The minimum absolute atomic E-state index is 0.116. The van der Waals surface area contributed by atoms with Crippen molar-refractivity contribution in [1.29, 1.82) is 0 Å². The Balaban J connectivity index is 1.88. The van der Waals surface area contributed by atoms with Gasteiger partial charge in [0, 0.05) is 11.6 Å². The molecule has 0 atom stereocenters. The number of benzene rings is 2. The van der Waals surface area contributed by atoms with E-state index in [9.17, 15) is 9.90 Å². The Morgan fingerprint density at radius 3 is 2.68 bits per heavy atom. The van der Waals surface area contributed by atoms with Crippen molar-refractivity contribution in [3.8, 4) is 17.2 Å². The predicted molar refractivity (Wildman–Crippen MR) is 98.5 cm³/mol. The van der Waals surface area contributed by atoms with Crippen molar-refractivity contribution < 1.29 is 19.4 Å². The van der Waals surface area contributed by atoms with E-state index in [-0.39, 0.29) is 11.7 Å². The molecule has 0 bridgehead atoms. The molecule has 0 saturated carbocycles. The van der Waals surface area contributed by atoms with Gasteiger partial charge >= 0.3 is 0 Å². The fourth-order valence-corrected chi connectivity index (χ4v) is 3.04. The molecule has 1 fully saturated rings. The Kier molecular flexibility index (Phi) is 4.95. The minimum atomic E-state index is -0.264. The van der Waals surface area contributed by atoms with Gasteiger partial charge in [-0.3, -0.25) is 4.79 Å². The molecule has 0 aromatic heterocycles. The number of amidine groups is 1. The first kappa shape index (κ1) is 16.9. The van der Waals surface area contributed by atoms with E-state index in [1.807, 2.05) is 0 Å². The van der Waals surface area contributed by atoms with Gasteiger partial charge in [0.1, 0.15) is 22.9 Å². The molecule has 6 nitrogen and oxygen atoms in total. The number of thioether (sulfide) groups is 1. The van der Waals surface area contributed by atoms with Gasteiger partial charge in [-0.2, -0.15) is 0 Å². The molecule has 1 aliphatic rings. The summed E-state index contributed by atoms with van der Waals surface area (Å²) in [4.78, 5) is 17.0. The van der Waals surface area contributed by atoms with E-state index < -0.39 is 0 Å². The molecule has 1 aliphatic heterocycles.